The van der Waals surface area contributed by atoms with Crippen LogP contribution in [-0.4, -0.2) is 37.0 Å². The van der Waals surface area contributed by atoms with Crippen molar-refractivity contribution >= 4 is 46.7 Å². The number of amides is 2. The van der Waals surface area contributed by atoms with Gasteiger partial charge in [0.15, 0.2) is 6.61 Å². The van der Waals surface area contributed by atoms with Crippen molar-refractivity contribution < 1.29 is 28.7 Å². The second kappa shape index (κ2) is 13.9. The van der Waals surface area contributed by atoms with Crippen molar-refractivity contribution in [2.75, 3.05) is 23.8 Å². The molecular formula is C24H27ClN2O6. The van der Waals surface area contributed by atoms with Crippen LogP contribution in [0.3, 0.4) is 0 Å². The molecule has 0 aromatic heterocycles. The van der Waals surface area contributed by atoms with Gasteiger partial charge in [0.2, 0.25) is 5.91 Å². The first kappa shape index (κ1) is 25.9. The summed E-state index contributed by atoms with van der Waals surface area (Å²) in [7, 11) is 0. The van der Waals surface area contributed by atoms with Crippen LogP contribution in [0.5, 0.6) is 0 Å². The molecule has 0 aliphatic rings. The van der Waals surface area contributed by atoms with Gasteiger partial charge in [-0.25, -0.2) is 4.79 Å². The van der Waals surface area contributed by atoms with Gasteiger partial charge in [-0.2, -0.15) is 0 Å². The lowest BCUT2D eigenvalue weighted by Crippen LogP contribution is -2.22. The summed E-state index contributed by atoms with van der Waals surface area (Å²) in [5, 5.41) is 5.53. The number of unbranched alkanes of at least 4 members (excludes halogenated alkanes) is 2. The quantitative estimate of drug-likeness (QED) is 0.344. The van der Waals surface area contributed by atoms with Gasteiger partial charge in [0, 0.05) is 12.1 Å². The standard InChI is InChI=1S/C24H27ClN2O6/c1-2-3-6-15-32-24(31)17-9-11-18(12-10-17)26-21(28)13-14-23(30)33-16-22(29)27-20-8-5-4-7-19(20)25/h4-5,7-12H,2-3,6,13-16H2,1H3,(H,26,28)(H,27,29). The summed E-state index contributed by atoms with van der Waals surface area (Å²) < 4.78 is 10.1. The number of halogens is 1. The Kier molecular flexibility index (Phi) is 10.9. The normalized spacial score (nSPS) is 10.2. The van der Waals surface area contributed by atoms with Crippen LogP contribution in [-0.2, 0) is 23.9 Å². The predicted molar refractivity (Wildman–Crippen MR) is 125 cm³/mol. The molecule has 8 nitrogen and oxygen atoms in total. The fourth-order valence-corrected chi connectivity index (χ4v) is 2.88. The summed E-state index contributed by atoms with van der Waals surface area (Å²) in [6, 6.07) is 13.0. The Morgan fingerprint density at radius 3 is 2.27 bits per heavy atom. The molecule has 0 aliphatic carbocycles. The fraction of sp³-hybridized carbons (Fsp3) is 0.333. The van der Waals surface area contributed by atoms with Gasteiger partial charge in [0.1, 0.15) is 0 Å². The number of nitrogens with one attached hydrogen (secondary N) is 2. The summed E-state index contributed by atoms with van der Waals surface area (Å²) >= 11 is 5.95. The Bertz CT molecular complexity index is 962. The SMILES string of the molecule is CCCCCOC(=O)c1ccc(NC(=O)CCC(=O)OCC(=O)Nc2ccccc2Cl)cc1. The molecule has 2 aromatic carbocycles. The fourth-order valence-electron chi connectivity index (χ4n) is 2.70. The molecule has 0 saturated heterocycles. The number of rotatable bonds is 12. The lowest BCUT2D eigenvalue weighted by molar-refractivity contribution is -0.147. The lowest BCUT2D eigenvalue weighted by Gasteiger charge is -2.08. The minimum atomic E-state index is -0.680. The summed E-state index contributed by atoms with van der Waals surface area (Å²) in [4.78, 5) is 47.7. The first-order chi connectivity index (χ1) is 15.9. The van der Waals surface area contributed by atoms with Crippen molar-refractivity contribution in [2.45, 2.75) is 39.0 Å². The van der Waals surface area contributed by atoms with Crippen LogP contribution in [0.15, 0.2) is 48.5 Å². The number of carbonyl (C=O) groups excluding carboxylic acids is 4. The smallest absolute Gasteiger partial charge is 0.338 e. The average Bonchev–Trinajstić information content (AvgIpc) is 2.81. The molecule has 0 unspecified atom stereocenters. The lowest BCUT2D eigenvalue weighted by atomic mass is 10.2. The van der Waals surface area contributed by atoms with E-state index in [1.807, 2.05) is 0 Å². The molecule has 0 fully saturated rings. The van der Waals surface area contributed by atoms with Crippen LogP contribution in [0.25, 0.3) is 0 Å². The highest BCUT2D eigenvalue weighted by atomic mass is 35.5. The van der Waals surface area contributed by atoms with Gasteiger partial charge < -0.3 is 20.1 Å². The third kappa shape index (κ3) is 9.74. The van der Waals surface area contributed by atoms with Crippen molar-refractivity contribution in [1.82, 2.24) is 0 Å². The van der Waals surface area contributed by atoms with Crippen LogP contribution < -0.4 is 10.6 Å². The van der Waals surface area contributed by atoms with Gasteiger partial charge >= 0.3 is 11.9 Å². The molecular weight excluding hydrogens is 448 g/mol. The minimum absolute atomic E-state index is 0.119. The zero-order valence-corrected chi connectivity index (χ0v) is 19.2. The van der Waals surface area contributed by atoms with Crippen molar-refractivity contribution in [2.24, 2.45) is 0 Å². The molecule has 0 radical (unpaired) electrons. The van der Waals surface area contributed by atoms with E-state index in [-0.39, 0.29) is 12.8 Å². The number of para-hydroxylation sites is 1. The third-order valence-corrected chi connectivity index (χ3v) is 4.78. The molecule has 0 bridgehead atoms. The van der Waals surface area contributed by atoms with Crippen LogP contribution in [0.1, 0.15) is 49.4 Å². The molecule has 0 aliphatic heterocycles. The number of carbonyl (C=O) groups is 4. The van der Waals surface area contributed by atoms with Gasteiger partial charge in [0.05, 0.1) is 29.3 Å². The van der Waals surface area contributed by atoms with E-state index in [1.165, 1.54) is 0 Å². The molecule has 2 N–H and O–H groups in total. The molecule has 9 heteroatoms. The van der Waals surface area contributed by atoms with Crippen molar-refractivity contribution in [3.63, 3.8) is 0 Å². The molecule has 2 rings (SSSR count). The van der Waals surface area contributed by atoms with Crippen LogP contribution in [0.4, 0.5) is 11.4 Å². The average molecular weight is 475 g/mol. The van der Waals surface area contributed by atoms with Crippen molar-refractivity contribution in [1.29, 1.82) is 0 Å². The summed E-state index contributed by atoms with van der Waals surface area (Å²) in [5.74, 6) is -2.03. The summed E-state index contributed by atoms with van der Waals surface area (Å²) in [6.45, 7) is 1.96. The van der Waals surface area contributed by atoms with Crippen LogP contribution >= 0.6 is 11.6 Å². The molecule has 176 valence electrons. The maximum Gasteiger partial charge on any atom is 0.338 e. The second-order valence-corrected chi connectivity index (χ2v) is 7.56. The number of hydrogen-bond acceptors (Lipinski definition) is 6. The van der Waals surface area contributed by atoms with E-state index in [0.29, 0.717) is 28.6 Å². The Hall–Kier alpha value is -3.39. The van der Waals surface area contributed by atoms with E-state index < -0.39 is 30.4 Å². The van der Waals surface area contributed by atoms with Gasteiger partial charge in [-0.15, -0.1) is 0 Å². The Morgan fingerprint density at radius 2 is 1.58 bits per heavy atom. The van der Waals surface area contributed by atoms with Gasteiger partial charge in [-0.1, -0.05) is 43.5 Å². The molecule has 0 saturated carbocycles. The van der Waals surface area contributed by atoms with Crippen LogP contribution in [0, 0.1) is 0 Å². The van der Waals surface area contributed by atoms with Crippen LogP contribution in [0.2, 0.25) is 5.02 Å². The number of anilines is 2. The Labute approximate surface area is 197 Å². The highest BCUT2D eigenvalue weighted by Gasteiger charge is 2.12. The monoisotopic (exact) mass is 474 g/mol. The highest BCUT2D eigenvalue weighted by molar-refractivity contribution is 6.33. The summed E-state index contributed by atoms with van der Waals surface area (Å²) in [5.41, 5.74) is 1.29. The van der Waals surface area contributed by atoms with Crippen molar-refractivity contribution in [3.8, 4) is 0 Å². The predicted octanol–water partition coefficient (Wildman–Crippen LogP) is 4.59. The van der Waals surface area contributed by atoms with E-state index in [0.717, 1.165) is 19.3 Å². The molecule has 2 amide bonds. The van der Waals surface area contributed by atoms with E-state index in [4.69, 9.17) is 21.1 Å². The topological polar surface area (TPSA) is 111 Å². The minimum Gasteiger partial charge on any atom is -0.462 e. The number of esters is 2. The summed E-state index contributed by atoms with van der Waals surface area (Å²) in [6.07, 6.45) is 2.56. The van der Waals surface area contributed by atoms with E-state index in [9.17, 15) is 19.2 Å². The third-order valence-electron chi connectivity index (χ3n) is 4.45. The Morgan fingerprint density at radius 1 is 0.848 bits per heavy atom. The van der Waals surface area contributed by atoms with E-state index >= 15 is 0 Å². The zero-order chi connectivity index (χ0) is 24.1. The first-order valence-corrected chi connectivity index (χ1v) is 11.0. The van der Waals surface area contributed by atoms with Gasteiger partial charge in [-0.05, 0) is 42.8 Å². The first-order valence-electron chi connectivity index (χ1n) is 10.7. The molecule has 0 heterocycles. The van der Waals surface area contributed by atoms with Gasteiger partial charge in [-0.3, -0.25) is 14.4 Å². The molecule has 33 heavy (non-hydrogen) atoms. The Balaban J connectivity index is 1.67. The largest absolute Gasteiger partial charge is 0.462 e. The number of hydrogen-bond donors (Lipinski definition) is 2. The maximum atomic E-state index is 12.1. The van der Waals surface area contributed by atoms with E-state index in [1.54, 1.807) is 48.5 Å². The van der Waals surface area contributed by atoms with Gasteiger partial charge in [0.25, 0.3) is 5.91 Å². The van der Waals surface area contributed by atoms with Crippen molar-refractivity contribution in [3.05, 3.63) is 59.1 Å². The molecule has 2 aromatic rings. The maximum absolute atomic E-state index is 12.1. The number of ether oxygens (including phenoxy) is 2. The van der Waals surface area contributed by atoms with E-state index in [2.05, 4.69) is 17.6 Å². The molecule has 0 spiro atoms. The number of benzene rings is 2. The zero-order valence-electron chi connectivity index (χ0n) is 18.4. The molecule has 0 atom stereocenters. The highest BCUT2D eigenvalue weighted by Crippen LogP contribution is 2.20. The second-order valence-electron chi connectivity index (χ2n) is 7.16.